The fraction of sp³-hybridized carbons (Fsp3) is 0.750. The number of ether oxygens (including phenoxy) is 3. The van der Waals surface area contributed by atoms with Crippen molar-refractivity contribution in [2.75, 3.05) is 37.5 Å². The normalized spacial score (nSPS) is 9.75. The van der Waals surface area contributed by atoms with E-state index in [0.717, 1.165) is 11.0 Å². The molecule has 4 heteroatoms. The molecule has 0 saturated heterocycles. The number of alkyl halides is 1. The van der Waals surface area contributed by atoms with Crippen molar-refractivity contribution in [2.24, 2.45) is 0 Å². The van der Waals surface area contributed by atoms with E-state index < -0.39 is 0 Å². The van der Waals surface area contributed by atoms with E-state index in [1.54, 1.807) is 0 Å². The Hall–Kier alpha value is 0.190. The number of hydrogen-bond acceptors (Lipinski definition) is 3. The van der Waals surface area contributed by atoms with Crippen LogP contribution in [0.15, 0.2) is 12.8 Å². The Morgan fingerprint density at radius 3 is 2.17 bits per heavy atom. The van der Waals surface area contributed by atoms with Crippen LogP contribution in [0.1, 0.15) is 0 Å². The summed E-state index contributed by atoms with van der Waals surface area (Å²) in [6.07, 6.45) is 1.41. The first-order valence-electron chi connectivity index (χ1n) is 3.85. The van der Waals surface area contributed by atoms with Crippen LogP contribution in [0.25, 0.3) is 0 Å². The quantitative estimate of drug-likeness (QED) is 0.279. The fourth-order valence-electron chi connectivity index (χ4n) is 0.567. The Balaban J connectivity index is 2.77. The van der Waals surface area contributed by atoms with Gasteiger partial charge in [0.05, 0.1) is 32.7 Å². The SMILES string of the molecule is C=COCCOCCOCCI. The summed E-state index contributed by atoms with van der Waals surface area (Å²) < 4.78 is 16.3. The van der Waals surface area contributed by atoms with Crippen LogP contribution < -0.4 is 0 Å². The van der Waals surface area contributed by atoms with Gasteiger partial charge in [-0.1, -0.05) is 29.2 Å². The highest BCUT2D eigenvalue weighted by Gasteiger charge is 1.88. The maximum atomic E-state index is 5.20. The third kappa shape index (κ3) is 10.2. The summed E-state index contributed by atoms with van der Waals surface area (Å²) >= 11 is 2.27. The maximum Gasteiger partial charge on any atom is 0.111 e. The van der Waals surface area contributed by atoms with Crippen molar-refractivity contribution in [1.82, 2.24) is 0 Å². The molecule has 3 nitrogen and oxygen atoms in total. The van der Waals surface area contributed by atoms with Crippen molar-refractivity contribution < 1.29 is 14.2 Å². The van der Waals surface area contributed by atoms with Gasteiger partial charge in [0.1, 0.15) is 6.61 Å². The second kappa shape index (κ2) is 11.2. The summed E-state index contributed by atoms with van der Waals surface area (Å²) in [4.78, 5) is 0. The molecule has 0 rings (SSSR count). The van der Waals surface area contributed by atoms with E-state index in [-0.39, 0.29) is 0 Å². The van der Waals surface area contributed by atoms with E-state index >= 15 is 0 Å². The zero-order chi connectivity index (χ0) is 9.07. The number of hydrogen-bond donors (Lipinski definition) is 0. The number of rotatable bonds is 9. The van der Waals surface area contributed by atoms with E-state index in [1.807, 2.05) is 0 Å². The second-order valence-electron chi connectivity index (χ2n) is 1.95. The largest absolute Gasteiger partial charge is 0.499 e. The maximum absolute atomic E-state index is 5.20. The van der Waals surface area contributed by atoms with Crippen molar-refractivity contribution in [3.8, 4) is 0 Å². The Morgan fingerprint density at radius 2 is 1.58 bits per heavy atom. The van der Waals surface area contributed by atoms with Gasteiger partial charge in [0, 0.05) is 4.43 Å². The molecule has 0 saturated carbocycles. The first-order chi connectivity index (χ1) is 5.91. The molecule has 0 aliphatic rings. The molecule has 0 amide bonds. The standard InChI is InChI=1S/C8H15IO3/c1-2-10-5-6-12-8-7-11-4-3-9/h2H,1,3-8H2. The van der Waals surface area contributed by atoms with Crippen LogP contribution in [0, 0.1) is 0 Å². The lowest BCUT2D eigenvalue weighted by atomic mass is 10.7. The molecular formula is C8H15IO3. The van der Waals surface area contributed by atoms with Gasteiger partial charge in [-0.2, -0.15) is 0 Å². The van der Waals surface area contributed by atoms with Crippen LogP contribution in [0.5, 0.6) is 0 Å². The summed E-state index contributed by atoms with van der Waals surface area (Å²) in [5.41, 5.74) is 0. The second-order valence-corrected chi connectivity index (χ2v) is 3.03. The topological polar surface area (TPSA) is 27.7 Å². The van der Waals surface area contributed by atoms with E-state index in [0.29, 0.717) is 26.4 Å². The van der Waals surface area contributed by atoms with Crippen LogP contribution in [-0.4, -0.2) is 37.5 Å². The van der Waals surface area contributed by atoms with Gasteiger partial charge in [-0.05, 0) is 0 Å². The van der Waals surface area contributed by atoms with Gasteiger partial charge in [0.2, 0.25) is 0 Å². The summed E-state index contributed by atoms with van der Waals surface area (Å²) in [5, 5.41) is 0. The Labute approximate surface area is 87.2 Å². The lowest BCUT2D eigenvalue weighted by molar-refractivity contribution is 0.0354. The monoisotopic (exact) mass is 286 g/mol. The summed E-state index contributed by atoms with van der Waals surface area (Å²) in [5.74, 6) is 0. The third-order valence-corrected chi connectivity index (χ3v) is 1.50. The third-order valence-electron chi connectivity index (χ3n) is 1.06. The van der Waals surface area contributed by atoms with Gasteiger partial charge in [-0.25, -0.2) is 0 Å². The predicted molar refractivity (Wildman–Crippen MR) is 56.7 cm³/mol. The summed E-state index contributed by atoms with van der Waals surface area (Å²) in [6.45, 7) is 6.68. The summed E-state index contributed by atoms with van der Waals surface area (Å²) in [7, 11) is 0. The molecule has 0 aromatic carbocycles. The first-order valence-corrected chi connectivity index (χ1v) is 5.38. The Kier molecular flexibility index (Phi) is 11.4. The molecule has 0 radical (unpaired) electrons. The highest BCUT2D eigenvalue weighted by molar-refractivity contribution is 14.1. The minimum atomic E-state index is 0.565. The fourth-order valence-corrected chi connectivity index (χ4v) is 0.878. The average Bonchev–Trinajstić information content (AvgIpc) is 2.10. The van der Waals surface area contributed by atoms with Crippen LogP contribution in [0.2, 0.25) is 0 Å². The van der Waals surface area contributed by atoms with E-state index in [1.165, 1.54) is 6.26 Å². The average molecular weight is 286 g/mol. The van der Waals surface area contributed by atoms with Crippen LogP contribution in [0.3, 0.4) is 0 Å². The van der Waals surface area contributed by atoms with Crippen molar-refractivity contribution in [3.05, 3.63) is 12.8 Å². The predicted octanol–water partition coefficient (Wildman–Crippen LogP) is 1.61. The van der Waals surface area contributed by atoms with Crippen LogP contribution >= 0.6 is 22.6 Å². The molecule has 0 aromatic rings. The van der Waals surface area contributed by atoms with Crippen molar-refractivity contribution in [3.63, 3.8) is 0 Å². The van der Waals surface area contributed by atoms with Gasteiger partial charge in [0.15, 0.2) is 0 Å². The highest BCUT2D eigenvalue weighted by Crippen LogP contribution is 1.84. The lowest BCUT2D eigenvalue weighted by Crippen LogP contribution is -2.08. The molecule has 12 heavy (non-hydrogen) atoms. The molecule has 0 N–H and O–H groups in total. The van der Waals surface area contributed by atoms with Gasteiger partial charge < -0.3 is 14.2 Å². The first kappa shape index (κ1) is 12.2. The van der Waals surface area contributed by atoms with Gasteiger partial charge in [0.25, 0.3) is 0 Å². The highest BCUT2D eigenvalue weighted by atomic mass is 127. The smallest absolute Gasteiger partial charge is 0.111 e. The molecule has 0 fully saturated rings. The van der Waals surface area contributed by atoms with Crippen LogP contribution in [0.4, 0.5) is 0 Å². The molecule has 0 unspecified atom stereocenters. The summed E-state index contributed by atoms with van der Waals surface area (Å²) in [6, 6.07) is 0. The van der Waals surface area contributed by atoms with Gasteiger partial charge in [-0.3, -0.25) is 0 Å². The molecule has 72 valence electrons. The Bertz CT molecular complexity index is 98.3. The number of halogens is 1. The zero-order valence-corrected chi connectivity index (χ0v) is 9.29. The molecule has 0 spiro atoms. The molecule has 0 aromatic heterocycles. The van der Waals surface area contributed by atoms with E-state index in [4.69, 9.17) is 14.2 Å². The Morgan fingerprint density at radius 1 is 1.00 bits per heavy atom. The molecule has 0 aliphatic heterocycles. The van der Waals surface area contributed by atoms with Gasteiger partial charge >= 0.3 is 0 Å². The molecule has 0 atom stereocenters. The van der Waals surface area contributed by atoms with Gasteiger partial charge in [-0.15, -0.1) is 0 Å². The minimum Gasteiger partial charge on any atom is -0.499 e. The zero-order valence-electron chi connectivity index (χ0n) is 7.13. The van der Waals surface area contributed by atoms with E-state index in [9.17, 15) is 0 Å². The molecule has 0 aliphatic carbocycles. The minimum absolute atomic E-state index is 0.565. The van der Waals surface area contributed by atoms with E-state index in [2.05, 4.69) is 29.2 Å². The van der Waals surface area contributed by atoms with Crippen molar-refractivity contribution in [2.45, 2.75) is 0 Å². The molecular weight excluding hydrogens is 271 g/mol. The van der Waals surface area contributed by atoms with Crippen molar-refractivity contribution >= 4 is 22.6 Å². The van der Waals surface area contributed by atoms with Crippen molar-refractivity contribution in [1.29, 1.82) is 0 Å². The molecule has 0 heterocycles. The molecule has 0 bridgehead atoms. The van der Waals surface area contributed by atoms with Crippen LogP contribution in [-0.2, 0) is 14.2 Å². The lowest BCUT2D eigenvalue weighted by Gasteiger charge is -2.03.